The highest BCUT2D eigenvalue weighted by Crippen LogP contribution is 2.32. The second kappa shape index (κ2) is 10.2. The average Bonchev–Trinajstić information content (AvgIpc) is 3.18. The third-order valence-corrected chi connectivity index (χ3v) is 6.48. The summed E-state index contributed by atoms with van der Waals surface area (Å²) in [6.45, 7) is 7.41. The fourth-order valence-electron chi connectivity index (χ4n) is 3.15. The number of halogens is 1. The van der Waals surface area contributed by atoms with Crippen LogP contribution in [0.5, 0.6) is 11.5 Å². The second-order valence-electron chi connectivity index (χ2n) is 6.69. The summed E-state index contributed by atoms with van der Waals surface area (Å²) in [5.74, 6) is 1.03. The van der Waals surface area contributed by atoms with Crippen molar-refractivity contribution in [3.63, 3.8) is 0 Å². The first-order chi connectivity index (χ1) is 14.5. The fourth-order valence-corrected chi connectivity index (χ4v) is 4.70. The number of rotatable bonds is 9. The van der Waals surface area contributed by atoms with Gasteiger partial charge in [-0.15, -0.1) is 0 Å². The van der Waals surface area contributed by atoms with Crippen molar-refractivity contribution >= 4 is 48.5 Å². The molecule has 0 aliphatic heterocycles. The molecule has 0 unspecified atom stereocenters. The lowest BCUT2D eigenvalue weighted by Crippen LogP contribution is -2.38. The van der Waals surface area contributed by atoms with Gasteiger partial charge < -0.3 is 14.4 Å². The van der Waals surface area contributed by atoms with Crippen molar-refractivity contribution < 1.29 is 14.3 Å². The highest BCUT2D eigenvalue weighted by atomic mass is 79.9. The van der Waals surface area contributed by atoms with E-state index in [1.54, 1.807) is 37.3 Å². The number of ether oxygens (including phenoxy) is 2. The van der Waals surface area contributed by atoms with E-state index in [4.69, 9.17) is 14.5 Å². The number of fused-ring (bicyclic) bond motifs is 1. The number of hydrogen-bond donors (Lipinski definition) is 0. The molecule has 3 aromatic rings. The van der Waals surface area contributed by atoms with E-state index in [0.29, 0.717) is 28.7 Å². The van der Waals surface area contributed by atoms with E-state index >= 15 is 0 Å². The normalized spacial score (nSPS) is 11.1. The van der Waals surface area contributed by atoms with Crippen LogP contribution in [0.2, 0.25) is 0 Å². The molecule has 8 heteroatoms. The summed E-state index contributed by atoms with van der Waals surface area (Å²) < 4.78 is 12.7. The van der Waals surface area contributed by atoms with Crippen molar-refractivity contribution in [2.45, 2.75) is 13.8 Å². The number of nitrogens with zero attached hydrogens (tertiary/aromatic N) is 3. The van der Waals surface area contributed by atoms with Crippen molar-refractivity contribution in [2.75, 3.05) is 45.3 Å². The molecule has 1 aromatic heterocycles. The number of aromatic nitrogens is 1. The Morgan fingerprint density at radius 3 is 2.30 bits per heavy atom. The van der Waals surface area contributed by atoms with Crippen LogP contribution in [0.3, 0.4) is 0 Å². The Labute approximate surface area is 189 Å². The Balaban J connectivity index is 2.00. The molecule has 160 valence electrons. The minimum Gasteiger partial charge on any atom is -0.497 e. The molecule has 0 saturated carbocycles. The first-order valence-corrected chi connectivity index (χ1v) is 11.4. The predicted molar refractivity (Wildman–Crippen MR) is 126 cm³/mol. The highest BCUT2D eigenvalue weighted by Gasteiger charge is 2.23. The lowest BCUT2D eigenvalue weighted by Gasteiger charge is -2.25. The molecule has 3 rings (SSSR count). The lowest BCUT2D eigenvalue weighted by molar-refractivity contribution is 0.0983. The number of hydrogen-bond acceptors (Lipinski definition) is 6. The summed E-state index contributed by atoms with van der Waals surface area (Å²) in [4.78, 5) is 22.3. The first-order valence-electron chi connectivity index (χ1n) is 9.82. The SMILES string of the molecule is CCN(CC)CCN(C(=O)c1cc(OC)cc(OC)c1)c1nc2ccc(Br)cc2s1. The van der Waals surface area contributed by atoms with E-state index in [1.807, 2.05) is 18.2 Å². The third kappa shape index (κ3) is 5.11. The number of carbonyl (C=O) groups is 1. The number of benzene rings is 2. The predicted octanol–water partition coefficient (Wildman–Crippen LogP) is 5.06. The van der Waals surface area contributed by atoms with Crippen molar-refractivity contribution in [1.82, 2.24) is 9.88 Å². The smallest absolute Gasteiger partial charge is 0.260 e. The van der Waals surface area contributed by atoms with Gasteiger partial charge in [0.2, 0.25) is 0 Å². The minimum absolute atomic E-state index is 0.127. The topological polar surface area (TPSA) is 54.9 Å². The molecular weight excluding hydrogens is 466 g/mol. The first kappa shape index (κ1) is 22.5. The maximum absolute atomic E-state index is 13.6. The van der Waals surface area contributed by atoms with Crippen LogP contribution in [-0.2, 0) is 0 Å². The van der Waals surface area contributed by atoms with Crippen LogP contribution in [0.4, 0.5) is 5.13 Å². The molecule has 0 N–H and O–H groups in total. The van der Waals surface area contributed by atoms with E-state index in [-0.39, 0.29) is 5.91 Å². The molecule has 1 heterocycles. The van der Waals surface area contributed by atoms with Gasteiger partial charge >= 0.3 is 0 Å². The minimum atomic E-state index is -0.127. The van der Waals surface area contributed by atoms with Gasteiger partial charge in [-0.25, -0.2) is 4.98 Å². The number of thiazole rings is 1. The quantitative estimate of drug-likeness (QED) is 0.418. The molecule has 0 aliphatic carbocycles. The van der Waals surface area contributed by atoms with Crippen molar-refractivity contribution in [1.29, 1.82) is 0 Å². The molecule has 0 spiro atoms. The molecule has 30 heavy (non-hydrogen) atoms. The van der Waals surface area contributed by atoms with Crippen LogP contribution in [0.25, 0.3) is 10.2 Å². The Bertz CT molecular complexity index is 998. The fraction of sp³-hybridized carbons (Fsp3) is 0.364. The Hall–Kier alpha value is -2.16. The van der Waals surface area contributed by atoms with Crippen LogP contribution >= 0.6 is 27.3 Å². The van der Waals surface area contributed by atoms with Gasteiger partial charge in [-0.1, -0.05) is 41.1 Å². The van der Waals surface area contributed by atoms with E-state index in [9.17, 15) is 4.79 Å². The molecule has 0 radical (unpaired) electrons. The molecule has 2 aromatic carbocycles. The summed E-state index contributed by atoms with van der Waals surface area (Å²) in [5.41, 5.74) is 1.38. The number of likely N-dealkylation sites (N-methyl/N-ethyl adjacent to an activating group) is 1. The van der Waals surface area contributed by atoms with E-state index in [0.717, 1.165) is 34.3 Å². The van der Waals surface area contributed by atoms with Crippen LogP contribution in [0.15, 0.2) is 40.9 Å². The summed E-state index contributed by atoms with van der Waals surface area (Å²) in [6.07, 6.45) is 0. The summed E-state index contributed by atoms with van der Waals surface area (Å²) in [5, 5.41) is 0.682. The molecule has 1 amide bonds. The van der Waals surface area contributed by atoms with Gasteiger partial charge in [0.15, 0.2) is 5.13 Å². The van der Waals surface area contributed by atoms with Gasteiger partial charge in [0.1, 0.15) is 11.5 Å². The Kier molecular flexibility index (Phi) is 7.69. The second-order valence-corrected chi connectivity index (χ2v) is 8.62. The summed E-state index contributed by atoms with van der Waals surface area (Å²) in [6, 6.07) is 11.2. The molecule has 0 fully saturated rings. The summed E-state index contributed by atoms with van der Waals surface area (Å²) in [7, 11) is 3.15. The zero-order valence-corrected chi connectivity index (χ0v) is 20.0. The zero-order chi connectivity index (χ0) is 21.7. The van der Waals surface area contributed by atoms with Gasteiger partial charge in [-0.2, -0.15) is 0 Å². The maximum atomic E-state index is 13.6. The molecule has 0 bridgehead atoms. The van der Waals surface area contributed by atoms with Crippen molar-refractivity contribution in [3.05, 3.63) is 46.4 Å². The monoisotopic (exact) mass is 491 g/mol. The number of methoxy groups -OCH3 is 2. The van der Waals surface area contributed by atoms with Gasteiger partial charge in [0.05, 0.1) is 24.4 Å². The molecule has 0 atom stereocenters. The third-order valence-electron chi connectivity index (χ3n) is 4.95. The number of amides is 1. The van der Waals surface area contributed by atoms with E-state index < -0.39 is 0 Å². The lowest BCUT2D eigenvalue weighted by atomic mass is 10.1. The van der Waals surface area contributed by atoms with Crippen LogP contribution in [0, 0.1) is 0 Å². The molecular formula is C22H26BrN3O3S. The molecule has 6 nitrogen and oxygen atoms in total. The zero-order valence-electron chi connectivity index (χ0n) is 17.6. The van der Waals surface area contributed by atoms with Crippen LogP contribution in [-0.4, -0.2) is 56.2 Å². The standard InChI is InChI=1S/C22H26BrN3O3S/c1-5-25(6-2)9-10-26(22-24-19-8-7-16(23)13-20(19)30-22)21(27)15-11-17(28-3)14-18(12-15)29-4/h7-8,11-14H,5-6,9-10H2,1-4H3. The van der Waals surface area contributed by atoms with Crippen molar-refractivity contribution in [3.8, 4) is 11.5 Å². The molecule has 0 aliphatic rings. The maximum Gasteiger partial charge on any atom is 0.260 e. The van der Waals surface area contributed by atoms with Gasteiger partial charge in [0.25, 0.3) is 5.91 Å². The highest BCUT2D eigenvalue weighted by molar-refractivity contribution is 9.10. The van der Waals surface area contributed by atoms with Gasteiger partial charge in [0, 0.05) is 29.2 Å². The van der Waals surface area contributed by atoms with E-state index in [2.05, 4.69) is 34.7 Å². The van der Waals surface area contributed by atoms with Crippen molar-refractivity contribution in [2.24, 2.45) is 0 Å². The van der Waals surface area contributed by atoms with Crippen LogP contribution < -0.4 is 14.4 Å². The van der Waals surface area contributed by atoms with Crippen LogP contribution in [0.1, 0.15) is 24.2 Å². The molecule has 0 saturated heterocycles. The van der Waals surface area contributed by atoms with E-state index in [1.165, 1.54) is 11.3 Å². The number of carbonyl (C=O) groups excluding carboxylic acids is 1. The summed E-state index contributed by atoms with van der Waals surface area (Å²) >= 11 is 5.02. The van der Waals surface area contributed by atoms with Gasteiger partial charge in [-0.3, -0.25) is 9.69 Å². The largest absolute Gasteiger partial charge is 0.497 e. The number of anilines is 1. The Morgan fingerprint density at radius 2 is 1.70 bits per heavy atom. The Morgan fingerprint density at radius 1 is 1.03 bits per heavy atom. The van der Waals surface area contributed by atoms with Gasteiger partial charge in [-0.05, 0) is 43.4 Å². The average molecular weight is 492 g/mol.